The van der Waals surface area contributed by atoms with E-state index in [0.29, 0.717) is 12.8 Å². The zero-order chi connectivity index (χ0) is 14.0. The van der Waals surface area contributed by atoms with Crippen LogP contribution in [0, 0.1) is 0 Å². The van der Waals surface area contributed by atoms with Crippen LogP contribution in [-0.4, -0.2) is 12.6 Å². The quantitative estimate of drug-likeness (QED) is 0.366. The Morgan fingerprint density at radius 3 is 0.789 bits per heavy atom. The van der Waals surface area contributed by atoms with E-state index in [-0.39, 0.29) is 0 Å². The van der Waals surface area contributed by atoms with Crippen LogP contribution in [0.25, 0.3) is 0 Å². The summed E-state index contributed by atoms with van der Waals surface area (Å²) in [5, 5.41) is 0. The molecule has 0 aliphatic rings. The highest BCUT2D eigenvalue weighted by Crippen LogP contribution is 2.12. The highest BCUT2D eigenvalue weighted by atomic mass is 16.1. The molecule has 2 radical (unpaired) electrons. The average molecular weight is 266 g/mol. The molecule has 0 aliphatic carbocycles. The van der Waals surface area contributed by atoms with Crippen molar-refractivity contribution in [2.45, 2.75) is 96.3 Å². The van der Waals surface area contributed by atoms with Crippen molar-refractivity contribution < 1.29 is 9.59 Å². The van der Waals surface area contributed by atoms with Gasteiger partial charge in [-0.3, -0.25) is 9.59 Å². The predicted octanol–water partition coefficient (Wildman–Crippen LogP) is 5.06. The van der Waals surface area contributed by atoms with Gasteiger partial charge in [-0.15, -0.1) is 0 Å². The van der Waals surface area contributed by atoms with Crippen molar-refractivity contribution in [1.82, 2.24) is 0 Å². The average Bonchev–Trinajstić information content (AvgIpc) is 2.43. The lowest BCUT2D eigenvalue weighted by Gasteiger charge is -2.02. The molecule has 0 spiro atoms. The molecule has 0 N–H and O–H groups in total. The smallest absolute Gasteiger partial charge is 0.198 e. The van der Waals surface area contributed by atoms with E-state index in [9.17, 15) is 9.59 Å². The van der Waals surface area contributed by atoms with Crippen LogP contribution < -0.4 is 0 Å². The van der Waals surface area contributed by atoms with Crippen molar-refractivity contribution in [3.8, 4) is 0 Å². The summed E-state index contributed by atoms with van der Waals surface area (Å²) >= 11 is 0. The van der Waals surface area contributed by atoms with Gasteiger partial charge in [0.25, 0.3) is 0 Å². The first kappa shape index (κ1) is 18.3. The fourth-order valence-electron chi connectivity index (χ4n) is 2.34. The van der Waals surface area contributed by atoms with Gasteiger partial charge in [0.1, 0.15) is 0 Å². The van der Waals surface area contributed by atoms with Crippen molar-refractivity contribution in [3.05, 3.63) is 0 Å². The molecule has 0 rings (SSSR count). The summed E-state index contributed by atoms with van der Waals surface area (Å²) in [6.45, 7) is 0. The molecular formula is C17H30O2. The van der Waals surface area contributed by atoms with Crippen LogP contribution in [0.4, 0.5) is 0 Å². The van der Waals surface area contributed by atoms with Crippen LogP contribution in [0.3, 0.4) is 0 Å². The van der Waals surface area contributed by atoms with E-state index in [1.165, 1.54) is 70.6 Å². The molecular weight excluding hydrogens is 236 g/mol. The topological polar surface area (TPSA) is 34.1 Å². The second kappa shape index (κ2) is 17.3. The predicted molar refractivity (Wildman–Crippen MR) is 80.6 cm³/mol. The maximum absolute atomic E-state index is 10.00. The zero-order valence-electron chi connectivity index (χ0n) is 12.4. The molecule has 19 heavy (non-hydrogen) atoms. The van der Waals surface area contributed by atoms with E-state index in [4.69, 9.17) is 0 Å². The summed E-state index contributed by atoms with van der Waals surface area (Å²) in [6.07, 6.45) is 21.5. The highest BCUT2D eigenvalue weighted by molar-refractivity contribution is 5.50. The van der Waals surface area contributed by atoms with Gasteiger partial charge in [-0.1, -0.05) is 70.6 Å². The lowest BCUT2D eigenvalue weighted by atomic mass is 10.0. The van der Waals surface area contributed by atoms with Gasteiger partial charge in [-0.2, -0.15) is 0 Å². The monoisotopic (exact) mass is 266 g/mol. The van der Waals surface area contributed by atoms with Crippen LogP contribution in [-0.2, 0) is 9.59 Å². The first-order valence-electron chi connectivity index (χ1n) is 8.12. The minimum atomic E-state index is 0.616. The fourth-order valence-corrected chi connectivity index (χ4v) is 2.34. The lowest BCUT2D eigenvalue weighted by molar-refractivity contribution is 0.527. The molecule has 0 aromatic carbocycles. The highest BCUT2D eigenvalue weighted by Gasteiger charge is 1.94. The van der Waals surface area contributed by atoms with E-state index in [0.717, 1.165) is 12.8 Å². The number of unbranched alkanes of at least 4 members (excludes halogenated alkanes) is 14. The van der Waals surface area contributed by atoms with Gasteiger partial charge >= 0.3 is 0 Å². The lowest BCUT2D eigenvalue weighted by Crippen LogP contribution is -1.84. The second-order valence-corrected chi connectivity index (χ2v) is 5.38. The Balaban J connectivity index is 2.91. The van der Waals surface area contributed by atoms with Gasteiger partial charge in [0.05, 0.1) is 0 Å². The standard InChI is InChI=1S/C17H30O2/c18-16-14-12-10-8-6-4-2-1-3-5-7-9-11-13-15-17-19/h1-15H2. The normalized spacial score (nSPS) is 10.5. The Bertz CT molecular complexity index is 170. The Kier molecular flexibility index (Phi) is 16.7. The number of hydrogen-bond acceptors (Lipinski definition) is 2. The van der Waals surface area contributed by atoms with Crippen LogP contribution in [0.5, 0.6) is 0 Å². The Morgan fingerprint density at radius 2 is 0.579 bits per heavy atom. The van der Waals surface area contributed by atoms with Gasteiger partial charge in [0.2, 0.25) is 0 Å². The molecule has 0 amide bonds. The zero-order valence-corrected chi connectivity index (χ0v) is 12.4. The van der Waals surface area contributed by atoms with Gasteiger partial charge < -0.3 is 0 Å². The molecule has 0 aromatic rings. The molecule has 0 bridgehead atoms. The van der Waals surface area contributed by atoms with Gasteiger partial charge in [-0.25, -0.2) is 0 Å². The van der Waals surface area contributed by atoms with Crippen LogP contribution in [0.2, 0.25) is 0 Å². The van der Waals surface area contributed by atoms with Gasteiger partial charge in [0.15, 0.2) is 12.6 Å². The summed E-state index contributed by atoms with van der Waals surface area (Å²) in [5.41, 5.74) is 0. The largest absolute Gasteiger partial charge is 0.291 e. The molecule has 0 unspecified atom stereocenters. The van der Waals surface area contributed by atoms with Crippen molar-refractivity contribution in [3.63, 3.8) is 0 Å². The summed E-state index contributed by atoms with van der Waals surface area (Å²) < 4.78 is 0. The molecule has 0 fully saturated rings. The maximum Gasteiger partial charge on any atom is 0.198 e. The summed E-state index contributed by atoms with van der Waals surface area (Å²) in [7, 11) is 0. The minimum absolute atomic E-state index is 0.616. The molecule has 0 heterocycles. The van der Waals surface area contributed by atoms with E-state index in [1.807, 2.05) is 12.6 Å². The third-order valence-corrected chi connectivity index (χ3v) is 3.56. The molecule has 0 aromatic heterocycles. The van der Waals surface area contributed by atoms with E-state index < -0.39 is 0 Å². The summed E-state index contributed by atoms with van der Waals surface area (Å²) in [6, 6.07) is 0. The van der Waals surface area contributed by atoms with Gasteiger partial charge in [-0.05, 0) is 12.8 Å². The van der Waals surface area contributed by atoms with Crippen molar-refractivity contribution >= 4 is 12.6 Å². The Labute approximate surface area is 119 Å². The van der Waals surface area contributed by atoms with Gasteiger partial charge in [0, 0.05) is 12.8 Å². The first-order chi connectivity index (χ1) is 9.41. The summed E-state index contributed by atoms with van der Waals surface area (Å²) in [5.74, 6) is 0. The third-order valence-electron chi connectivity index (χ3n) is 3.56. The number of rotatable bonds is 16. The molecule has 2 heteroatoms. The molecule has 0 saturated carbocycles. The van der Waals surface area contributed by atoms with Crippen LogP contribution in [0.1, 0.15) is 96.3 Å². The SMILES string of the molecule is O=[C]CCCCCCCCCCCCCCC[C]=O. The molecule has 0 saturated heterocycles. The Morgan fingerprint density at radius 1 is 0.368 bits per heavy atom. The molecule has 0 atom stereocenters. The minimum Gasteiger partial charge on any atom is -0.291 e. The fraction of sp³-hybridized carbons (Fsp3) is 0.882. The maximum atomic E-state index is 10.00. The van der Waals surface area contributed by atoms with E-state index >= 15 is 0 Å². The van der Waals surface area contributed by atoms with Crippen LogP contribution in [0.15, 0.2) is 0 Å². The molecule has 2 nitrogen and oxygen atoms in total. The molecule has 0 aliphatic heterocycles. The van der Waals surface area contributed by atoms with Crippen molar-refractivity contribution in [2.24, 2.45) is 0 Å². The van der Waals surface area contributed by atoms with E-state index in [1.54, 1.807) is 0 Å². The first-order valence-corrected chi connectivity index (χ1v) is 8.12. The molecule has 110 valence electrons. The second-order valence-electron chi connectivity index (χ2n) is 5.38. The van der Waals surface area contributed by atoms with E-state index in [2.05, 4.69) is 0 Å². The number of hydrogen-bond donors (Lipinski definition) is 0. The van der Waals surface area contributed by atoms with Crippen molar-refractivity contribution in [2.75, 3.05) is 0 Å². The van der Waals surface area contributed by atoms with Crippen LogP contribution >= 0.6 is 0 Å². The summed E-state index contributed by atoms with van der Waals surface area (Å²) in [4.78, 5) is 20.0. The third kappa shape index (κ3) is 17.3. The number of carbonyl (C=O) groups excluding carboxylic acids is 2. The van der Waals surface area contributed by atoms with Crippen molar-refractivity contribution in [1.29, 1.82) is 0 Å². The Hall–Kier alpha value is -0.660.